The summed E-state index contributed by atoms with van der Waals surface area (Å²) in [5.41, 5.74) is 3.15. The number of nitrogens with one attached hydrogen (secondary N) is 1. The summed E-state index contributed by atoms with van der Waals surface area (Å²) >= 11 is 0. The number of ether oxygens (including phenoxy) is 1. The van der Waals surface area contributed by atoms with E-state index in [-0.39, 0.29) is 28.6 Å². The predicted octanol–water partition coefficient (Wildman–Crippen LogP) is 3.75. The average molecular weight is 422 g/mol. The smallest absolute Gasteiger partial charge is 0.338 e. The van der Waals surface area contributed by atoms with Crippen LogP contribution in [0.15, 0.2) is 36.4 Å². The highest BCUT2D eigenvalue weighted by Gasteiger charge is 2.37. The third kappa shape index (κ3) is 4.21. The number of esters is 1. The van der Waals surface area contributed by atoms with Gasteiger partial charge in [0.1, 0.15) is 0 Å². The van der Waals surface area contributed by atoms with Crippen LogP contribution in [0, 0.1) is 6.92 Å². The van der Waals surface area contributed by atoms with Crippen LogP contribution in [0.2, 0.25) is 0 Å². The van der Waals surface area contributed by atoms with Crippen molar-refractivity contribution in [3.05, 3.63) is 64.2 Å². The highest BCUT2D eigenvalue weighted by atomic mass is 16.5. The molecule has 2 aromatic rings. The highest BCUT2D eigenvalue weighted by Crippen LogP contribution is 2.26. The van der Waals surface area contributed by atoms with E-state index in [0.717, 1.165) is 22.4 Å². The number of hydrogen-bond acceptors (Lipinski definition) is 5. The summed E-state index contributed by atoms with van der Waals surface area (Å²) < 4.78 is 5.32. The number of nitrogens with zero attached hydrogens (tertiary/aromatic N) is 1. The van der Waals surface area contributed by atoms with E-state index in [4.69, 9.17) is 4.74 Å². The molecule has 31 heavy (non-hydrogen) atoms. The van der Waals surface area contributed by atoms with Gasteiger partial charge in [-0.15, -0.1) is 0 Å². The number of rotatable bonds is 6. The van der Waals surface area contributed by atoms with Crippen molar-refractivity contribution in [2.75, 3.05) is 5.32 Å². The van der Waals surface area contributed by atoms with Crippen LogP contribution in [-0.4, -0.2) is 40.7 Å². The van der Waals surface area contributed by atoms with Gasteiger partial charge in [-0.1, -0.05) is 25.1 Å². The van der Waals surface area contributed by atoms with Gasteiger partial charge in [-0.3, -0.25) is 19.3 Å². The van der Waals surface area contributed by atoms with Gasteiger partial charge in [-0.05, 0) is 63.4 Å². The second-order valence-corrected chi connectivity index (χ2v) is 7.83. The van der Waals surface area contributed by atoms with E-state index in [0.29, 0.717) is 5.69 Å². The number of anilines is 1. The van der Waals surface area contributed by atoms with Gasteiger partial charge in [0.05, 0.1) is 16.7 Å². The number of para-hydroxylation sites is 1. The lowest BCUT2D eigenvalue weighted by Crippen LogP contribution is -2.35. The summed E-state index contributed by atoms with van der Waals surface area (Å²) in [7, 11) is 0. The van der Waals surface area contributed by atoms with Crippen molar-refractivity contribution in [3.8, 4) is 0 Å². The van der Waals surface area contributed by atoms with Crippen LogP contribution < -0.4 is 5.32 Å². The SMILES string of the molecule is CCc1cccc(C)c1NC(=O)[C@H](C)OC(=O)c1ccc2c(c1)C(=O)N(C(C)C)C2=O. The zero-order valence-corrected chi connectivity index (χ0v) is 18.3. The summed E-state index contributed by atoms with van der Waals surface area (Å²) in [5, 5.41) is 2.84. The number of imide groups is 1. The van der Waals surface area contributed by atoms with Crippen molar-refractivity contribution in [2.24, 2.45) is 0 Å². The third-order valence-corrected chi connectivity index (χ3v) is 5.31. The Bertz CT molecular complexity index is 1070. The maximum absolute atomic E-state index is 12.6. The number of aryl methyl sites for hydroxylation is 2. The van der Waals surface area contributed by atoms with Crippen LogP contribution in [-0.2, 0) is 16.0 Å². The van der Waals surface area contributed by atoms with Gasteiger partial charge in [-0.2, -0.15) is 0 Å². The number of carbonyl (C=O) groups is 4. The van der Waals surface area contributed by atoms with E-state index < -0.39 is 23.9 Å². The summed E-state index contributed by atoms with van der Waals surface area (Å²) in [6.45, 7) is 8.87. The fourth-order valence-electron chi connectivity index (χ4n) is 3.56. The van der Waals surface area contributed by atoms with E-state index in [1.807, 2.05) is 32.0 Å². The predicted molar refractivity (Wildman–Crippen MR) is 116 cm³/mol. The van der Waals surface area contributed by atoms with E-state index in [2.05, 4.69) is 5.32 Å². The maximum Gasteiger partial charge on any atom is 0.338 e. The second kappa shape index (κ2) is 8.71. The molecule has 1 aliphatic heterocycles. The zero-order chi connectivity index (χ0) is 22.9. The molecule has 7 heteroatoms. The molecule has 0 aromatic heterocycles. The van der Waals surface area contributed by atoms with Gasteiger partial charge < -0.3 is 10.1 Å². The Kier molecular flexibility index (Phi) is 6.24. The van der Waals surface area contributed by atoms with Crippen LogP contribution >= 0.6 is 0 Å². The minimum Gasteiger partial charge on any atom is -0.449 e. The first-order valence-corrected chi connectivity index (χ1v) is 10.3. The van der Waals surface area contributed by atoms with Crippen molar-refractivity contribution >= 4 is 29.4 Å². The van der Waals surface area contributed by atoms with Crippen LogP contribution in [0.25, 0.3) is 0 Å². The topological polar surface area (TPSA) is 92.8 Å². The van der Waals surface area contributed by atoms with Crippen molar-refractivity contribution in [3.63, 3.8) is 0 Å². The number of carbonyl (C=O) groups excluding carboxylic acids is 4. The van der Waals surface area contributed by atoms with Crippen molar-refractivity contribution in [1.29, 1.82) is 0 Å². The fraction of sp³-hybridized carbons (Fsp3) is 0.333. The van der Waals surface area contributed by atoms with E-state index in [1.54, 1.807) is 13.8 Å². The molecular weight excluding hydrogens is 396 g/mol. The lowest BCUT2D eigenvalue weighted by Gasteiger charge is -2.17. The quantitative estimate of drug-likeness (QED) is 0.565. The van der Waals surface area contributed by atoms with Gasteiger partial charge in [-0.25, -0.2) is 4.79 Å². The van der Waals surface area contributed by atoms with Crippen LogP contribution in [0.1, 0.15) is 69.9 Å². The first kappa shape index (κ1) is 22.2. The summed E-state index contributed by atoms with van der Waals surface area (Å²) in [6.07, 6.45) is -0.296. The van der Waals surface area contributed by atoms with Crippen LogP contribution in [0.5, 0.6) is 0 Å². The molecule has 1 atom stereocenters. The Labute approximate surface area is 181 Å². The number of hydrogen-bond donors (Lipinski definition) is 1. The molecule has 3 rings (SSSR count). The molecule has 1 heterocycles. The van der Waals surface area contributed by atoms with E-state index in [9.17, 15) is 19.2 Å². The lowest BCUT2D eigenvalue weighted by molar-refractivity contribution is -0.123. The van der Waals surface area contributed by atoms with Crippen LogP contribution in [0.4, 0.5) is 5.69 Å². The van der Waals surface area contributed by atoms with E-state index >= 15 is 0 Å². The Morgan fingerprint density at radius 3 is 2.35 bits per heavy atom. The second-order valence-electron chi connectivity index (χ2n) is 7.83. The fourth-order valence-corrected chi connectivity index (χ4v) is 3.56. The molecule has 1 aliphatic rings. The molecule has 0 saturated carbocycles. The summed E-state index contributed by atoms with van der Waals surface area (Å²) in [5.74, 6) is -2.01. The van der Waals surface area contributed by atoms with E-state index in [1.165, 1.54) is 25.1 Å². The summed E-state index contributed by atoms with van der Waals surface area (Å²) in [4.78, 5) is 51.3. The normalized spacial score (nSPS) is 13.9. The van der Waals surface area contributed by atoms with Gasteiger partial charge in [0, 0.05) is 11.7 Å². The molecule has 0 saturated heterocycles. The molecule has 0 radical (unpaired) electrons. The van der Waals surface area contributed by atoms with Gasteiger partial charge >= 0.3 is 5.97 Å². The molecule has 0 spiro atoms. The minimum absolute atomic E-state index is 0.107. The first-order valence-electron chi connectivity index (χ1n) is 10.3. The largest absolute Gasteiger partial charge is 0.449 e. The minimum atomic E-state index is -1.05. The Morgan fingerprint density at radius 2 is 1.71 bits per heavy atom. The van der Waals surface area contributed by atoms with Crippen LogP contribution in [0.3, 0.4) is 0 Å². The number of amides is 3. The van der Waals surface area contributed by atoms with Crippen molar-refractivity contribution < 1.29 is 23.9 Å². The standard InChI is InChI=1S/C24H26N2O5/c1-6-16-9-7-8-14(4)20(16)25-21(27)15(5)31-24(30)17-10-11-18-19(12-17)23(29)26(13(2)3)22(18)28/h7-13,15H,6H2,1-5H3,(H,25,27)/t15-/m0/s1. The zero-order valence-electron chi connectivity index (χ0n) is 18.3. The average Bonchev–Trinajstić information content (AvgIpc) is 2.99. The van der Waals surface area contributed by atoms with Gasteiger partial charge in [0.2, 0.25) is 0 Å². The van der Waals surface area contributed by atoms with Gasteiger partial charge in [0.25, 0.3) is 17.7 Å². The number of fused-ring (bicyclic) bond motifs is 1. The molecule has 7 nitrogen and oxygen atoms in total. The Balaban J connectivity index is 1.74. The molecular formula is C24H26N2O5. The Hall–Kier alpha value is -3.48. The highest BCUT2D eigenvalue weighted by molar-refractivity contribution is 6.22. The monoisotopic (exact) mass is 422 g/mol. The number of benzene rings is 2. The molecule has 0 bridgehead atoms. The first-order chi connectivity index (χ1) is 14.6. The van der Waals surface area contributed by atoms with Gasteiger partial charge in [0.15, 0.2) is 6.10 Å². The van der Waals surface area contributed by atoms with Crippen molar-refractivity contribution in [2.45, 2.75) is 53.2 Å². The molecule has 0 unspecified atom stereocenters. The third-order valence-electron chi connectivity index (χ3n) is 5.31. The lowest BCUT2D eigenvalue weighted by atomic mass is 10.1. The Morgan fingerprint density at radius 1 is 1.03 bits per heavy atom. The maximum atomic E-state index is 12.6. The van der Waals surface area contributed by atoms with Crippen molar-refractivity contribution in [1.82, 2.24) is 4.90 Å². The molecule has 0 aliphatic carbocycles. The molecule has 3 amide bonds. The molecule has 162 valence electrons. The molecule has 0 fully saturated rings. The summed E-state index contributed by atoms with van der Waals surface area (Å²) in [6, 6.07) is 9.69. The molecule has 2 aromatic carbocycles. The molecule has 1 N–H and O–H groups in total.